The third kappa shape index (κ3) is 4.48. The third-order valence-electron chi connectivity index (χ3n) is 10.3. The summed E-state index contributed by atoms with van der Waals surface area (Å²) in [6, 6.07) is 61.3. The number of furan rings is 3. The van der Waals surface area contributed by atoms with E-state index in [2.05, 4.69) is 157 Å². The van der Waals surface area contributed by atoms with E-state index in [0.717, 1.165) is 105 Å². The van der Waals surface area contributed by atoms with Crippen LogP contribution in [0.5, 0.6) is 0 Å². The van der Waals surface area contributed by atoms with Crippen molar-refractivity contribution in [2.45, 2.75) is 0 Å². The highest BCUT2D eigenvalue weighted by Gasteiger charge is 2.20. The van der Waals surface area contributed by atoms with Gasteiger partial charge in [-0.15, -0.1) is 0 Å². The van der Waals surface area contributed by atoms with E-state index >= 15 is 0 Å². The quantitative estimate of drug-likeness (QED) is 0.183. The molecule has 0 bridgehead atoms. The van der Waals surface area contributed by atoms with Crippen LogP contribution in [0.2, 0.25) is 0 Å². The summed E-state index contributed by atoms with van der Waals surface area (Å²) >= 11 is 0. The van der Waals surface area contributed by atoms with E-state index in [1.807, 2.05) is 24.3 Å². The van der Waals surface area contributed by atoms with Crippen molar-refractivity contribution in [1.82, 2.24) is 0 Å². The molecule has 0 fully saturated rings. The number of rotatable bonds is 5. The van der Waals surface area contributed by atoms with Crippen LogP contribution in [0.25, 0.3) is 88.1 Å². The van der Waals surface area contributed by atoms with Gasteiger partial charge in [-0.05, 0) is 107 Å². The molecule has 0 aliphatic carbocycles. The molecule has 11 rings (SSSR count). The lowest BCUT2D eigenvalue weighted by atomic mass is 9.99. The molecule has 52 heavy (non-hydrogen) atoms. The highest BCUT2D eigenvalue weighted by Crippen LogP contribution is 2.43. The van der Waals surface area contributed by atoms with Crippen LogP contribution in [0, 0.1) is 0 Å². The lowest BCUT2D eigenvalue weighted by Gasteiger charge is -2.25. The zero-order valence-corrected chi connectivity index (χ0v) is 27.9. The molecule has 0 radical (unpaired) electrons. The first-order valence-corrected chi connectivity index (χ1v) is 17.5. The fourth-order valence-corrected chi connectivity index (χ4v) is 7.76. The molecule has 0 aliphatic heterocycles. The summed E-state index contributed by atoms with van der Waals surface area (Å²) in [5.41, 5.74) is 12.8. The van der Waals surface area contributed by atoms with Crippen LogP contribution in [-0.4, -0.2) is 0 Å². The maximum Gasteiger partial charge on any atom is 0.159 e. The fourth-order valence-electron chi connectivity index (χ4n) is 7.76. The van der Waals surface area contributed by atoms with E-state index in [0.29, 0.717) is 0 Å². The number of fused-ring (bicyclic) bond motifs is 9. The van der Waals surface area contributed by atoms with Crippen molar-refractivity contribution in [2.75, 3.05) is 4.90 Å². The molecule has 0 unspecified atom stereocenters. The first-order chi connectivity index (χ1) is 25.7. The fraction of sp³-hybridized carbons (Fsp3) is 0. The standard InChI is InChI=1S/C48H29NO3/c1-3-10-34(11-4-1)49(35-12-5-2-6-13-35)42-16-9-15-38-37-22-18-33(29-47(37)52-48(38)42)32-21-25-46-41(28-32)40-27-31(20-24-45(40)51-46)30-19-23-44-39(26-30)36-14-7-8-17-43(36)50-44/h1-29H. The molecule has 244 valence electrons. The number of nitrogens with zero attached hydrogens (tertiary/aromatic N) is 1. The number of benzene rings is 8. The van der Waals surface area contributed by atoms with Crippen molar-refractivity contribution in [3.05, 3.63) is 176 Å². The summed E-state index contributed by atoms with van der Waals surface area (Å²) < 4.78 is 19.2. The van der Waals surface area contributed by atoms with E-state index in [-0.39, 0.29) is 0 Å². The second kappa shape index (κ2) is 11.2. The van der Waals surface area contributed by atoms with Gasteiger partial charge in [0.05, 0.1) is 5.69 Å². The minimum Gasteiger partial charge on any atom is -0.456 e. The molecule has 0 spiro atoms. The van der Waals surface area contributed by atoms with Crippen molar-refractivity contribution >= 4 is 82.9 Å². The SMILES string of the molecule is c1ccc(N(c2ccccc2)c2cccc3c2oc2cc(-c4ccc5oc6ccc(-c7ccc8oc9ccccc9c8c7)cc6c5c4)ccc23)cc1. The van der Waals surface area contributed by atoms with Crippen LogP contribution in [-0.2, 0) is 0 Å². The maximum atomic E-state index is 6.76. The highest BCUT2D eigenvalue weighted by molar-refractivity contribution is 6.12. The van der Waals surface area contributed by atoms with E-state index < -0.39 is 0 Å². The van der Waals surface area contributed by atoms with Crippen molar-refractivity contribution in [3.8, 4) is 22.3 Å². The van der Waals surface area contributed by atoms with Crippen molar-refractivity contribution in [3.63, 3.8) is 0 Å². The van der Waals surface area contributed by atoms with Crippen molar-refractivity contribution in [1.29, 1.82) is 0 Å². The van der Waals surface area contributed by atoms with Gasteiger partial charge >= 0.3 is 0 Å². The molecule has 3 heterocycles. The number of anilines is 3. The molecule has 0 amide bonds. The summed E-state index contributed by atoms with van der Waals surface area (Å²) in [5.74, 6) is 0. The molecule has 0 atom stereocenters. The summed E-state index contributed by atoms with van der Waals surface area (Å²) in [4.78, 5) is 2.26. The molecule has 0 N–H and O–H groups in total. The minimum absolute atomic E-state index is 0.850. The van der Waals surface area contributed by atoms with Gasteiger partial charge in [0.25, 0.3) is 0 Å². The topological polar surface area (TPSA) is 42.7 Å². The molecule has 0 saturated heterocycles. The molecule has 0 aliphatic rings. The van der Waals surface area contributed by atoms with Gasteiger partial charge in [0.15, 0.2) is 5.58 Å². The van der Waals surface area contributed by atoms with Crippen molar-refractivity contribution < 1.29 is 13.3 Å². The van der Waals surface area contributed by atoms with Gasteiger partial charge in [-0.1, -0.05) is 91.0 Å². The molecular weight excluding hydrogens is 639 g/mol. The van der Waals surface area contributed by atoms with E-state index in [9.17, 15) is 0 Å². The van der Waals surface area contributed by atoms with Gasteiger partial charge in [0.2, 0.25) is 0 Å². The largest absolute Gasteiger partial charge is 0.456 e. The number of hydrogen-bond acceptors (Lipinski definition) is 4. The van der Waals surface area contributed by atoms with E-state index in [1.165, 1.54) is 0 Å². The third-order valence-corrected chi connectivity index (χ3v) is 10.3. The lowest BCUT2D eigenvalue weighted by molar-refractivity contribution is 0.668. The van der Waals surface area contributed by atoms with E-state index in [4.69, 9.17) is 13.3 Å². The summed E-state index contributed by atoms with van der Waals surface area (Å²) in [5, 5.41) is 6.58. The van der Waals surface area contributed by atoms with Crippen LogP contribution in [0.3, 0.4) is 0 Å². The van der Waals surface area contributed by atoms with Crippen LogP contribution in [0.4, 0.5) is 17.1 Å². The molecule has 3 aromatic heterocycles. The Morgan fingerprint density at radius 2 is 0.750 bits per heavy atom. The Balaban J connectivity index is 1.01. The van der Waals surface area contributed by atoms with Crippen LogP contribution >= 0.6 is 0 Å². The van der Waals surface area contributed by atoms with E-state index in [1.54, 1.807) is 0 Å². The predicted octanol–water partition coefficient (Wildman–Crippen LogP) is 14.2. The molecule has 11 aromatic rings. The van der Waals surface area contributed by atoms with Crippen LogP contribution in [0.15, 0.2) is 189 Å². The maximum absolute atomic E-state index is 6.76. The Morgan fingerprint density at radius 1 is 0.288 bits per heavy atom. The molecular formula is C48H29NO3. The average Bonchev–Trinajstić information content (AvgIpc) is 3.89. The van der Waals surface area contributed by atoms with Gasteiger partial charge in [0, 0.05) is 43.7 Å². The van der Waals surface area contributed by atoms with Gasteiger partial charge in [-0.2, -0.15) is 0 Å². The van der Waals surface area contributed by atoms with Gasteiger partial charge < -0.3 is 18.2 Å². The average molecular weight is 668 g/mol. The predicted molar refractivity (Wildman–Crippen MR) is 214 cm³/mol. The van der Waals surface area contributed by atoms with Gasteiger partial charge in [-0.25, -0.2) is 0 Å². The highest BCUT2D eigenvalue weighted by atomic mass is 16.3. The summed E-state index contributed by atoms with van der Waals surface area (Å²) in [7, 11) is 0. The second-order valence-corrected chi connectivity index (χ2v) is 13.3. The molecule has 4 nitrogen and oxygen atoms in total. The Morgan fingerprint density at radius 3 is 1.37 bits per heavy atom. The molecule has 8 aromatic carbocycles. The van der Waals surface area contributed by atoms with Gasteiger partial charge in [0.1, 0.15) is 27.9 Å². The number of hydrogen-bond donors (Lipinski definition) is 0. The minimum atomic E-state index is 0.850. The zero-order chi connectivity index (χ0) is 34.2. The Bertz CT molecular complexity index is 3090. The Labute approximate surface area is 298 Å². The molecule has 0 saturated carbocycles. The Kier molecular flexibility index (Phi) is 6.22. The number of para-hydroxylation sites is 4. The zero-order valence-electron chi connectivity index (χ0n) is 27.9. The molecule has 4 heteroatoms. The monoisotopic (exact) mass is 667 g/mol. The normalized spacial score (nSPS) is 11.8. The smallest absolute Gasteiger partial charge is 0.159 e. The first-order valence-electron chi connectivity index (χ1n) is 17.5. The summed E-state index contributed by atoms with van der Waals surface area (Å²) in [6.07, 6.45) is 0. The lowest BCUT2D eigenvalue weighted by Crippen LogP contribution is -2.09. The second-order valence-electron chi connectivity index (χ2n) is 13.3. The van der Waals surface area contributed by atoms with Crippen LogP contribution < -0.4 is 4.90 Å². The Hall–Kier alpha value is -7.04. The van der Waals surface area contributed by atoms with Crippen LogP contribution in [0.1, 0.15) is 0 Å². The van der Waals surface area contributed by atoms with Gasteiger partial charge in [-0.3, -0.25) is 0 Å². The van der Waals surface area contributed by atoms with Crippen molar-refractivity contribution in [2.24, 2.45) is 0 Å². The first kappa shape index (κ1) is 28.8. The summed E-state index contributed by atoms with van der Waals surface area (Å²) in [6.45, 7) is 0.